The van der Waals surface area contributed by atoms with Crippen LogP contribution in [-0.4, -0.2) is 9.55 Å². The van der Waals surface area contributed by atoms with Crippen molar-refractivity contribution in [2.45, 2.75) is 12.8 Å². The van der Waals surface area contributed by atoms with Crippen molar-refractivity contribution in [3.8, 4) is 12.3 Å². The standard InChI is InChI=1S/C8H9ClN2/c1-3-4-5-7-8(9)10-6-11(7)2/h1,6H,4-5H2,2H3. The molecule has 0 saturated carbocycles. The van der Waals surface area contributed by atoms with Crippen molar-refractivity contribution in [1.29, 1.82) is 0 Å². The second-order valence-corrected chi connectivity index (χ2v) is 2.66. The maximum atomic E-state index is 5.78. The highest BCUT2D eigenvalue weighted by Crippen LogP contribution is 2.13. The van der Waals surface area contributed by atoms with Crippen molar-refractivity contribution in [2.75, 3.05) is 0 Å². The van der Waals surface area contributed by atoms with E-state index in [0.29, 0.717) is 11.6 Å². The van der Waals surface area contributed by atoms with E-state index in [-0.39, 0.29) is 0 Å². The third-order valence-corrected chi connectivity index (χ3v) is 1.83. The summed E-state index contributed by atoms with van der Waals surface area (Å²) in [5.41, 5.74) is 1.00. The fraction of sp³-hybridized carbons (Fsp3) is 0.375. The van der Waals surface area contributed by atoms with Crippen LogP contribution in [0.25, 0.3) is 0 Å². The zero-order valence-corrected chi connectivity index (χ0v) is 7.10. The Balaban J connectivity index is 2.77. The molecule has 0 bridgehead atoms. The molecule has 1 aromatic heterocycles. The Bertz CT molecular complexity index is 263. The van der Waals surface area contributed by atoms with Crippen LogP contribution in [0.15, 0.2) is 6.33 Å². The Labute approximate surface area is 71.2 Å². The summed E-state index contributed by atoms with van der Waals surface area (Å²) in [6, 6.07) is 0. The summed E-state index contributed by atoms with van der Waals surface area (Å²) in [5.74, 6) is 2.56. The van der Waals surface area contributed by atoms with E-state index in [1.54, 1.807) is 6.33 Å². The van der Waals surface area contributed by atoms with E-state index in [1.807, 2.05) is 11.6 Å². The molecule has 0 aromatic carbocycles. The van der Waals surface area contributed by atoms with E-state index < -0.39 is 0 Å². The van der Waals surface area contributed by atoms with Crippen molar-refractivity contribution in [1.82, 2.24) is 9.55 Å². The van der Waals surface area contributed by atoms with Crippen molar-refractivity contribution in [2.24, 2.45) is 7.05 Å². The summed E-state index contributed by atoms with van der Waals surface area (Å²) in [7, 11) is 1.91. The minimum atomic E-state index is 0.558. The zero-order valence-electron chi connectivity index (χ0n) is 6.34. The number of rotatable bonds is 2. The summed E-state index contributed by atoms with van der Waals surface area (Å²) in [6.45, 7) is 0. The number of aromatic nitrogens is 2. The molecule has 1 rings (SSSR count). The highest BCUT2D eigenvalue weighted by atomic mass is 35.5. The molecule has 0 aliphatic carbocycles. The SMILES string of the molecule is C#CCCc1c(Cl)ncn1C. The Hall–Kier alpha value is -0.940. The number of hydrogen-bond acceptors (Lipinski definition) is 1. The molecule has 0 N–H and O–H groups in total. The van der Waals surface area contributed by atoms with E-state index in [9.17, 15) is 0 Å². The van der Waals surface area contributed by atoms with Gasteiger partial charge in [-0.1, -0.05) is 11.6 Å². The number of aryl methyl sites for hydroxylation is 1. The zero-order chi connectivity index (χ0) is 8.27. The van der Waals surface area contributed by atoms with Gasteiger partial charge >= 0.3 is 0 Å². The molecule has 0 saturated heterocycles. The Kier molecular flexibility index (Phi) is 2.56. The minimum absolute atomic E-state index is 0.558. The van der Waals surface area contributed by atoms with Crippen LogP contribution in [0.5, 0.6) is 0 Å². The average molecular weight is 169 g/mol. The Morgan fingerprint density at radius 1 is 1.82 bits per heavy atom. The second-order valence-electron chi connectivity index (χ2n) is 2.30. The van der Waals surface area contributed by atoms with Crippen molar-refractivity contribution in [3.05, 3.63) is 17.2 Å². The molecule has 1 heterocycles. The van der Waals surface area contributed by atoms with Crippen LogP contribution in [0.2, 0.25) is 5.15 Å². The summed E-state index contributed by atoms with van der Waals surface area (Å²) in [6.07, 6.45) is 8.32. The third-order valence-electron chi connectivity index (χ3n) is 1.51. The van der Waals surface area contributed by atoms with E-state index in [0.717, 1.165) is 12.1 Å². The number of imidazole rings is 1. The van der Waals surface area contributed by atoms with Gasteiger partial charge in [0.25, 0.3) is 0 Å². The number of hydrogen-bond donors (Lipinski definition) is 0. The van der Waals surface area contributed by atoms with Gasteiger partial charge in [0.05, 0.1) is 12.0 Å². The Morgan fingerprint density at radius 2 is 2.55 bits per heavy atom. The van der Waals surface area contributed by atoms with E-state index in [2.05, 4.69) is 10.9 Å². The maximum Gasteiger partial charge on any atom is 0.150 e. The van der Waals surface area contributed by atoms with E-state index >= 15 is 0 Å². The maximum absolute atomic E-state index is 5.78. The van der Waals surface area contributed by atoms with Gasteiger partial charge in [0.15, 0.2) is 0 Å². The molecule has 58 valence electrons. The molecule has 0 unspecified atom stereocenters. The molecule has 1 aromatic rings. The number of terminal acetylenes is 1. The monoisotopic (exact) mass is 168 g/mol. The van der Waals surface area contributed by atoms with E-state index in [1.165, 1.54) is 0 Å². The lowest BCUT2D eigenvalue weighted by Crippen LogP contribution is -1.94. The first-order chi connectivity index (χ1) is 5.25. The lowest BCUT2D eigenvalue weighted by Gasteiger charge is -1.98. The quantitative estimate of drug-likeness (QED) is 0.614. The van der Waals surface area contributed by atoms with Crippen LogP contribution in [-0.2, 0) is 13.5 Å². The molecule has 11 heavy (non-hydrogen) atoms. The molecule has 0 fully saturated rings. The molecule has 2 nitrogen and oxygen atoms in total. The molecule has 0 aliphatic rings. The predicted octanol–water partition coefficient (Wildman–Crippen LogP) is 1.64. The first-order valence-corrected chi connectivity index (χ1v) is 3.72. The summed E-state index contributed by atoms with van der Waals surface area (Å²) >= 11 is 5.78. The van der Waals surface area contributed by atoms with Gasteiger partial charge in [0, 0.05) is 19.9 Å². The van der Waals surface area contributed by atoms with Gasteiger partial charge in [-0.05, 0) is 0 Å². The lowest BCUT2D eigenvalue weighted by atomic mass is 10.2. The molecule has 0 atom stereocenters. The summed E-state index contributed by atoms with van der Waals surface area (Å²) < 4.78 is 1.89. The van der Waals surface area contributed by atoms with Crippen LogP contribution in [0, 0.1) is 12.3 Å². The minimum Gasteiger partial charge on any atom is -0.336 e. The third kappa shape index (κ3) is 1.75. The normalized spacial score (nSPS) is 9.55. The summed E-state index contributed by atoms with van der Waals surface area (Å²) in [4.78, 5) is 3.93. The molecule has 0 aliphatic heterocycles. The largest absolute Gasteiger partial charge is 0.336 e. The number of halogens is 1. The van der Waals surface area contributed by atoms with Gasteiger partial charge in [-0.3, -0.25) is 0 Å². The van der Waals surface area contributed by atoms with Crippen LogP contribution in [0.1, 0.15) is 12.1 Å². The first kappa shape index (κ1) is 8.16. The smallest absolute Gasteiger partial charge is 0.150 e. The van der Waals surface area contributed by atoms with Crippen molar-refractivity contribution in [3.63, 3.8) is 0 Å². The molecule has 3 heteroatoms. The van der Waals surface area contributed by atoms with Gasteiger partial charge in [-0.2, -0.15) is 0 Å². The van der Waals surface area contributed by atoms with Gasteiger partial charge in [0.1, 0.15) is 5.15 Å². The highest BCUT2D eigenvalue weighted by molar-refractivity contribution is 6.30. The molecular formula is C8H9ClN2. The van der Waals surface area contributed by atoms with Gasteiger partial charge in [-0.15, -0.1) is 12.3 Å². The summed E-state index contributed by atoms with van der Waals surface area (Å²) in [5, 5.41) is 0.558. The van der Waals surface area contributed by atoms with Gasteiger partial charge in [0.2, 0.25) is 0 Å². The number of nitrogens with zero attached hydrogens (tertiary/aromatic N) is 2. The second kappa shape index (κ2) is 3.45. The highest BCUT2D eigenvalue weighted by Gasteiger charge is 2.03. The fourth-order valence-corrected chi connectivity index (χ4v) is 1.17. The molecule has 0 amide bonds. The molecule has 0 radical (unpaired) electrons. The van der Waals surface area contributed by atoms with Crippen LogP contribution in [0.4, 0.5) is 0 Å². The van der Waals surface area contributed by atoms with Gasteiger partial charge < -0.3 is 4.57 Å². The van der Waals surface area contributed by atoms with Crippen LogP contribution >= 0.6 is 11.6 Å². The Morgan fingerprint density at radius 3 is 3.00 bits per heavy atom. The average Bonchev–Trinajstić information content (AvgIpc) is 2.29. The van der Waals surface area contributed by atoms with Crippen molar-refractivity contribution >= 4 is 11.6 Å². The fourth-order valence-electron chi connectivity index (χ4n) is 0.897. The molecular weight excluding hydrogens is 160 g/mol. The first-order valence-electron chi connectivity index (χ1n) is 3.35. The topological polar surface area (TPSA) is 17.8 Å². The van der Waals surface area contributed by atoms with Crippen LogP contribution < -0.4 is 0 Å². The van der Waals surface area contributed by atoms with E-state index in [4.69, 9.17) is 18.0 Å². The lowest BCUT2D eigenvalue weighted by molar-refractivity contribution is 0.813. The van der Waals surface area contributed by atoms with Gasteiger partial charge in [-0.25, -0.2) is 4.98 Å². The van der Waals surface area contributed by atoms with Crippen molar-refractivity contribution < 1.29 is 0 Å². The molecule has 0 spiro atoms. The predicted molar refractivity (Wildman–Crippen MR) is 45.4 cm³/mol. The van der Waals surface area contributed by atoms with Crippen LogP contribution in [0.3, 0.4) is 0 Å².